The van der Waals surface area contributed by atoms with Gasteiger partial charge in [-0.2, -0.15) is 0 Å². The van der Waals surface area contributed by atoms with E-state index in [4.69, 9.17) is 30.3 Å². The molecule has 0 aromatic heterocycles. The molecule has 0 fully saturated rings. The second-order valence-corrected chi connectivity index (χ2v) is 6.14. The number of ether oxygens (including phenoxy) is 1. The number of hydrogen-bond acceptors (Lipinski definition) is 6. The van der Waals surface area contributed by atoms with Crippen LogP contribution in [0.5, 0.6) is 17.2 Å². The molecule has 5 N–H and O–H groups in total. The van der Waals surface area contributed by atoms with E-state index in [0.717, 1.165) is 16.7 Å². The van der Waals surface area contributed by atoms with Crippen LogP contribution in [0.2, 0.25) is 0 Å². The zero-order valence-electron chi connectivity index (χ0n) is 16.6. The molecular formula is C23H28O6. The van der Waals surface area contributed by atoms with E-state index in [1.807, 2.05) is 31.2 Å². The van der Waals surface area contributed by atoms with Crippen molar-refractivity contribution in [3.8, 4) is 17.2 Å². The van der Waals surface area contributed by atoms with Crippen molar-refractivity contribution < 1.29 is 30.3 Å². The lowest BCUT2D eigenvalue weighted by Crippen LogP contribution is -1.87. The summed E-state index contributed by atoms with van der Waals surface area (Å²) in [5.41, 5.74) is 3.71. The fourth-order valence-electron chi connectivity index (χ4n) is 2.23. The number of aliphatic hydroxyl groups is 3. The Bertz CT molecular complexity index is 846. The molecule has 0 spiro atoms. The van der Waals surface area contributed by atoms with Crippen molar-refractivity contribution >= 4 is 0 Å². The van der Waals surface area contributed by atoms with Crippen LogP contribution in [0.25, 0.3) is 0 Å². The third-order valence-corrected chi connectivity index (χ3v) is 3.81. The third kappa shape index (κ3) is 9.12. The minimum Gasteiger partial charge on any atom is -0.508 e. The van der Waals surface area contributed by atoms with Gasteiger partial charge in [0.1, 0.15) is 5.75 Å². The Kier molecular flexibility index (Phi) is 10.9. The Morgan fingerprint density at radius 1 is 0.690 bits per heavy atom. The van der Waals surface area contributed by atoms with Gasteiger partial charge in [-0.25, -0.2) is 0 Å². The van der Waals surface area contributed by atoms with Crippen LogP contribution in [-0.2, 0) is 19.8 Å². The summed E-state index contributed by atoms with van der Waals surface area (Å²) in [5.74, 6) is 0.702. The summed E-state index contributed by atoms with van der Waals surface area (Å²) in [6.45, 7) is 2.14. The molecule has 0 bridgehead atoms. The molecule has 156 valence electrons. The number of aromatic hydroxyl groups is 2. The molecule has 0 saturated heterocycles. The molecule has 0 radical (unpaired) electrons. The zero-order chi connectivity index (χ0) is 21.6. The van der Waals surface area contributed by atoms with Gasteiger partial charge in [0.25, 0.3) is 0 Å². The number of phenols is 2. The Balaban J connectivity index is 0.000000219. The van der Waals surface area contributed by atoms with Gasteiger partial charge in [0.05, 0.1) is 26.9 Å². The summed E-state index contributed by atoms with van der Waals surface area (Å²) < 4.78 is 4.83. The molecule has 0 aliphatic rings. The Morgan fingerprint density at radius 3 is 1.72 bits per heavy atom. The van der Waals surface area contributed by atoms with Crippen molar-refractivity contribution in [1.82, 2.24) is 0 Å². The average Bonchev–Trinajstić information content (AvgIpc) is 2.75. The van der Waals surface area contributed by atoms with Crippen molar-refractivity contribution in [2.75, 3.05) is 7.11 Å². The largest absolute Gasteiger partial charge is 0.508 e. The molecule has 0 saturated carbocycles. The topological polar surface area (TPSA) is 110 Å². The van der Waals surface area contributed by atoms with Gasteiger partial charge in [0.2, 0.25) is 0 Å². The van der Waals surface area contributed by atoms with E-state index < -0.39 is 0 Å². The van der Waals surface area contributed by atoms with Crippen molar-refractivity contribution in [2.24, 2.45) is 0 Å². The molecule has 6 nitrogen and oxygen atoms in total. The van der Waals surface area contributed by atoms with Crippen LogP contribution in [0.15, 0.2) is 66.7 Å². The molecule has 0 aliphatic carbocycles. The molecular weight excluding hydrogens is 372 g/mol. The highest BCUT2D eigenvalue weighted by atomic mass is 16.5. The summed E-state index contributed by atoms with van der Waals surface area (Å²) in [7, 11) is 1.47. The lowest BCUT2D eigenvalue weighted by molar-refractivity contribution is 0.280. The van der Waals surface area contributed by atoms with Gasteiger partial charge >= 0.3 is 0 Å². The van der Waals surface area contributed by atoms with E-state index in [1.54, 1.807) is 36.4 Å². The predicted molar refractivity (Wildman–Crippen MR) is 112 cm³/mol. The molecule has 0 unspecified atom stereocenters. The van der Waals surface area contributed by atoms with Crippen LogP contribution in [0.3, 0.4) is 0 Å². The highest BCUT2D eigenvalue weighted by Gasteiger charge is 2.00. The second-order valence-electron chi connectivity index (χ2n) is 6.14. The fraction of sp³-hybridized carbons (Fsp3) is 0.217. The normalized spacial score (nSPS) is 9.55. The first-order valence-electron chi connectivity index (χ1n) is 8.95. The van der Waals surface area contributed by atoms with Crippen LogP contribution in [0.1, 0.15) is 22.3 Å². The molecule has 6 heteroatoms. The summed E-state index contributed by atoms with van der Waals surface area (Å²) in [4.78, 5) is 0. The van der Waals surface area contributed by atoms with Crippen molar-refractivity contribution in [2.45, 2.75) is 26.7 Å². The number of aliphatic hydroxyl groups excluding tert-OH is 3. The molecule has 29 heavy (non-hydrogen) atoms. The summed E-state index contributed by atoms with van der Waals surface area (Å²) in [5, 5.41) is 43.8. The number of aryl methyl sites for hydroxylation is 1. The maximum Gasteiger partial charge on any atom is 0.160 e. The van der Waals surface area contributed by atoms with Crippen molar-refractivity contribution in [3.05, 3.63) is 89.0 Å². The van der Waals surface area contributed by atoms with E-state index >= 15 is 0 Å². The molecule has 3 aromatic rings. The van der Waals surface area contributed by atoms with Crippen LogP contribution in [0.4, 0.5) is 0 Å². The average molecular weight is 400 g/mol. The first-order chi connectivity index (χ1) is 13.9. The van der Waals surface area contributed by atoms with Gasteiger partial charge in [-0.15, -0.1) is 0 Å². The minimum absolute atomic E-state index is 0.0281. The smallest absolute Gasteiger partial charge is 0.160 e. The van der Waals surface area contributed by atoms with Crippen LogP contribution >= 0.6 is 0 Å². The lowest BCUT2D eigenvalue weighted by atomic mass is 10.1. The van der Waals surface area contributed by atoms with E-state index in [-0.39, 0.29) is 31.3 Å². The first kappa shape index (κ1) is 24.0. The molecule has 0 aliphatic heterocycles. The highest BCUT2D eigenvalue weighted by Crippen LogP contribution is 2.25. The molecule has 3 rings (SSSR count). The standard InChI is InChI=1S/C8H10O3.C8H10O.C7H8O2/c1-11-8-4-6(5-9)2-3-7(8)10;1-7-3-2-4-8(5-7)6-9;8-5-6-1-3-7(9)4-2-6/h2-4,9-10H,5H2,1H3;2-5,9H,6H2,1H3;1-4,8-9H,5H2. The Labute approximate surface area is 170 Å². The summed E-state index contributed by atoms with van der Waals surface area (Å²) in [6, 6.07) is 19.0. The summed E-state index contributed by atoms with van der Waals surface area (Å²) >= 11 is 0. The number of rotatable bonds is 4. The Hall–Kier alpha value is -3.06. The van der Waals surface area contributed by atoms with Gasteiger partial charge in [-0.05, 0) is 47.9 Å². The van der Waals surface area contributed by atoms with Gasteiger partial charge in [-0.1, -0.05) is 48.0 Å². The Morgan fingerprint density at radius 2 is 1.24 bits per heavy atom. The van der Waals surface area contributed by atoms with Crippen LogP contribution in [-0.4, -0.2) is 32.6 Å². The summed E-state index contributed by atoms with van der Waals surface area (Å²) in [6.07, 6.45) is 0. The number of methoxy groups -OCH3 is 1. The van der Waals surface area contributed by atoms with Gasteiger partial charge in [0.15, 0.2) is 11.5 Å². The van der Waals surface area contributed by atoms with Gasteiger partial charge in [0, 0.05) is 0 Å². The van der Waals surface area contributed by atoms with Crippen LogP contribution < -0.4 is 4.74 Å². The quantitative estimate of drug-likeness (QED) is 0.460. The second kappa shape index (κ2) is 13.2. The van der Waals surface area contributed by atoms with E-state index in [0.29, 0.717) is 5.75 Å². The lowest BCUT2D eigenvalue weighted by Gasteiger charge is -2.03. The molecule has 0 amide bonds. The molecule has 3 aromatic carbocycles. The van der Waals surface area contributed by atoms with Crippen molar-refractivity contribution in [1.29, 1.82) is 0 Å². The van der Waals surface area contributed by atoms with Crippen LogP contribution in [0, 0.1) is 6.92 Å². The minimum atomic E-state index is -0.0450. The zero-order valence-corrected chi connectivity index (χ0v) is 16.6. The number of benzene rings is 3. The fourth-order valence-corrected chi connectivity index (χ4v) is 2.23. The third-order valence-electron chi connectivity index (χ3n) is 3.81. The van der Waals surface area contributed by atoms with Gasteiger partial charge in [-0.3, -0.25) is 0 Å². The predicted octanol–water partition coefficient (Wildman–Crippen LogP) is 3.26. The van der Waals surface area contributed by atoms with E-state index in [2.05, 4.69) is 0 Å². The van der Waals surface area contributed by atoms with Crippen molar-refractivity contribution in [3.63, 3.8) is 0 Å². The first-order valence-corrected chi connectivity index (χ1v) is 8.95. The highest BCUT2D eigenvalue weighted by molar-refractivity contribution is 5.41. The van der Waals surface area contributed by atoms with Gasteiger partial charge < -0.3 is 30.3 Å². The number of phenolic OH excluding ortho intramolecular Hbond substituents is 2. The molecule has 0 atom stereocenters. The van der Waals surface area contributed by atoms with E-state index in [9.17, 15) is 0 Å². The maximum atomic E-state index is 9.12. The molecule has 0 heterocycles. The SMILES string of the molecule is COc1cc(CO)ccc1O.Cc1cccc(CO)c1.OCc1ccc(O)cc1. The maximum absolute atomic E-state index is 9.12. The van der Waals surface area contributed by atoms with E-state index in [1.165, 1.54) is 18.7 Å². The number of hydrogen-bond donors (Lipinski definition) is 5. The monoisotopic (exact) mass is 400 g/mol.